The van der Waals surface area contributed by atoms with Gasteiger partial charge in [0.2, 0.25) is 0 Å². The van der Waals surface area contributed by atoms with Crippen molar-refractivity contribution in [2.24, 2.45) is 0 Å². The minimum absolute atomic E-state index is 0.0270. The molecule has 3 N–H and O–H groups in total. The Bertz CT molecular complexity index is 284. The van der Waals surface area contributed by atoms with Crippen molar-refractivity contribution in [3.63, 3.8) is 0 Å². The van der Waals surface area contributed by atoms with Gasteiger partial charge in [0, 0.05) is 13.2 Å². The number of para-hydroxylation sites is 1. The van der Waals surface area contributed by atoms with Gasteiger partial charge in [0.05, 0.1) is 18.0 Å². The summed E-state index contributed by atoms with van der Waals surface area (Å²) < 4.78 is 18.2. The molecule has 0 heterocycles. The van der Waals surface area contributed by atoms with Crippen LogP contribution in [0.25, 0.3) is 0 Å². The Hall–Kier alpha value is -1.29. The van der Waals surface area contributed by atoms with Crippen molar-refractivity contribution in [3.05, 3.63) is 24.0 Å². The van der Waals surface area contributed by atoms with Gasteiger partial charge < -0.3 is 15.8 Å². The number of hydrogen-bond acceptors (Lipinski definition) is 3. The molecule has 0 saturated carbocycles. The second kappa shape index (κ2) is 4.81. The lowest BCUT2D eigenvalue weighted by molar-refractivity contribution is 0.190. The van der Waals surface area contributed by atoms with E-state index in [1.54, 1.807) is 19.2 Å². The standard InChI is InChI=1S/C10H15FN2O/c1-7(6-14-2)13-10-8(11)4-3-5-9(10)12/h3-5,7,13H,6,12H2,1-2H3. The quantitative estimate of drug-likeness (QED) is 0.726. The summed E-state index contributed by atoms with van der Waals surface area (Å²) in [6.45, 7) is 2.41. The highest BCUT2D eigenvalue weighted by molar-refractivity contribution is 5.66. The van der Waals surface area contributed by atoms with Crippen LogP contribution in [0, 0.1) is 5.82 Å². The van der Waals surface area contributed by atoms with Crippen molar-refractivity contribution in [1.29, 1.82) is 0 Å². The first-order valence-corrected chi connectivity index (χ1v) is 4.44. The van der Waals surface area contributed by atoms with Crippen LogP contribution in [0.1, 0.15) is 6.92 Å². The second-order valence-corrected chi connectivity index (χ2v) is 3.20. The Morgan fingerprint density at radius 3 is 2.86 bits per heavy atom. The minimum atomic E-state index is -0.340. The average Bonchev–Trinajstić information content (AvgIpc) is 2.12. The molecule has 4 heteroatoms. The van der Waals surface area contributed by atoms with Gasteiger partial charge in [-0.3, -0.25) is 0 Å². The lowest BCUT2D eigenvalue weighted by Gasteiger charge is -2.16. The molecule has 1 unspecified atom stereocenters. The third-order valence-electron chi connectivity index (χ3n) is 1.85. The molecule has 0 bridgehead atoms. The van der Waals surface area contributed by atoms with Gasteiger partial charge in [-0.05, 0) is 19.1 Å². The number of anilines is 2. The number of nitrogen functional groups attached to an aromatic ring is 1. The number of methoxy groups -OCH3 is 1. The lowest BCUT2D eigenvalue weighted by Crippen LogP contribution is -2.22. The predicted octanol–water partition coefficient (Wildman–Crippen LogP) is 1.85. The molecular weight excluding hydrogens is 183 g/mol. The Kier molecular flexibility index (Phi) is 3.71. The number of benzene rings is 1. The maximum absolute atomic E-state index is 13.3. The van der Waals surface area contributed by atoms with Crippen LogP contribution in [-0.2, 0) is 4.74 Å². The third kappa shape index (κ3) is 2.60. The number of nitrogens with one attached hydrogen (secondary N) is 1. The summed E-state index contributed by atoms with van der Waals surface area (Å²) in [4.78, 5) is 0. The molecular formula is C10H15FN2O. The van der Waals surface area contributed by atoms with E-state index in [2.05, 4.69) is 5.32 Å². The van der Waals surface area contributed by atoms with Crippen LogP contribution in [0.15, 0.2) is 18.2 Å². The first-order valence-electron chi connectivity index (χ1n) is 4.44. The molecule has 0 fully saturated rings. The lowest BCUT2D eigenvalue weighted by atomic mass is 10.2. The molecule has 1 aromatic carbocycles. The van der Waals surface area contributed by atoms with Crippen LogP contribution in [0.4, 0.5) is 15.8 Å². The van der Waals surface area contributed by atoms with E-state index >= 15 is 0 Å². The highest BCUT2D eigenvalue weighted by Gasteiger charge is 2.08. The number of halogens is 1. The van der Waals surface area contributed by atoms with Crippen LogP contribution in [0.5, 0.6) is 0 Å². The molecule has 0 radical (unpaired) electrons. The van der Waals surface area contributed by atoms with E-state index in [9.17, 15) is 4.39 Å². The summed E-state index contributed by atoms with van der Waals surface area (Å²) >= 11 is 0. The maximum atomic E-state index is 13.3. The van der Waals surface area contributed by atoms with Crippen molar-refractivity contribution >= 4 is 11.4 Å². The van der Waals surface area contributed by atoms with Gasteiger partial charge in [0.25, 0.3) is 0 Å². The molecule has 0 saturated heterocycles. The molecule has 0 aliphatic rings. The summed E-state index contributed by atoms with van der Waals surface area (Å²) in [5.74, 6) is -0.340. The number of rotatable bonds is 4. The summed E-state index contributed by atoms with van der Waals surface area (Å²) in [5.41, 5.74) is 6.38. The van der Waals surface area contributed by atoms with Crippen molar-refractivity contribution < 1.29 is 9.13 Å². The van der Waals surface area contributed by atoms with Gasteiger partial charge in [-0.15, -0.1) is 0 Å². The number of nitrogens with two attached hydrogens (primary N) is 1. The summed E-state index contributed by atoms with van der Waals surface area (Å²) in [7, 11) is 1.60. The fourth-order valence-electron chi connectivity index (χ4n) is 1.23. The normalized spacial score (nSPS) is 12.5. The fourth-order valence-corrected chi connectivity index (χ4v) is 1.23. The van der Waals surface area contributed by atoms with Gasteiger partial charge in [-0.25, -0.2) is 4.39 Å². The van der Waals surface area contributed by atoms with Crippen LogP contribution in [0.2, 0.25) is 0 Å². The third-order valence-corrected chi connectivity index (χ3v) is 1.85. The molecule has 1 aromatic rings. The van der Waals surface area contributed by atoms with E-state index in [0.717, 1.165) is 0 Å². The van der Waals surface area contributed by atoms with Crippen LogP contribution >= 0.6 is 0 Å². The molecule has 0 aromatic heterocycles. The molecule has 78 valence electrons. The SMILES string of the molecule is COCC(C)Nc1c(N)cccc1F. The van der Waals surface area contributed by atoms with E-state index < -0.39 is 0 Å². The Balaban J connectivity index is 2.75. The van der Waals surface area contributed by atoms with E-state index in [1.807, 2.05) is 6.92 Å². The smallest absolute Gasteiger partial charge is 0.148 e. The fraction of sp³-hybridized carbons (Fsp3) is 0.400. The largest absolute Gasteiger partial charge is 0.397 e. The van der Waals surface area contributed by atoms with E-state index in [1.165, 1.54) is 6.07 Å². The van der Waals surface area contributed by atoms with Crippen LogP contribution < -0.4 is 11.1 Å². The number of ether oxygens (including phenoxy) is 1. The zero-order valence-electron chi connectivity index (χ0n) is 8.38. The minimum Gasteiger partial charge on any atom is -0.397 e. The number of hydrogen-bond donors (Lipinski definition) is 2. The van der Waals surface area contributed by atoms with E-state index in [4.69, 9.17) is 10.5 Å². The molecule has 1 atom stereocenters. The molecule has 14 heavy (non-hydrogen) atoms. The van der Waals surface area contributed by atoms with Crippen molar-refractivity contribution in [2.75, 3.05) is 24.8 Å². The topological polar surface area (TPSA) is 47.3 Å². The van der Waals surface area contributed by atoms with Crippen LogP contribution in [0.3, 0.4) is 0 Å². The van der Waals surface area contributed by atoms with Gasteiger partial charge in [-0.1, -0.05) is 6.07 Å². The molecule has 0 aliphatic heterocycles. The van der Waals surface area contributed by atoms with E-state index in [-0.39, 0.29) is 11.9 Å². The monoisotopic (exact) mass is 198 g/mol. The van der Waals surface area contributed by atoms with E-state index in [0.29, 0.717) is 18.0 Å². The predicted molar refractivity (Wildman–Crippen MR) is 55.8 cm³/mol. The average molecular weight is 198 g/mol. The summed E-state index contributed by atoms with van der Waals surface area (Å²) in [6, 6.07) is 4.64. The van der Waals surface area contributed by atoms with Crippen molar-refractivity contribution in [3.8, 4) is 0 Å². The van der Waals surface area contributed by atoms with Gasteiger partial charge in [-0.2, -0.15) is 0 Å². The second-order valence-electron chi connectivity index (χ2n) is 3.20. The summed E-state index contributed by atoms with van der Waals surface area (Å²) in [5, 5.41) is 2.95. The molecule has 3 nitrogen and oxygen atoms in total. The Morgan fingerprint density at radius 1 is 1.57 bits per heavy atom. The first kappa shape index (κ1) is 10.8. The zero-order valence-corrected chi connectivity index (χ0v) is 8.38. The highest BCUT2D eigenvalue weighted by atomic mass is 19.1. The molecule has 1 rings (SSSR count). The molecule has 0 aliphatic carbocycles. The Labute approximate surface area is 83.1 Å². The molecule has 0 amide bonds. The summed E-state index contributed by atoms with van der Waals surface area (Å²) in [6.07, 6.45) is 0. The highest BCUT2D eigenvalue weighted by Crippen LogP contribution is 2.22. The van der Waals surface area contributed by atoms with Gasteiger partial charge in [0.1, 0.15) is 5.82 Å². The first-order chi connectivity index (χ1) is 6.65. The van der Waals surface area contributed by atoms with Gasteiger partial charge in [0.15, 0.2) is 0 Å². The van der Waals surface area contributed by atoms with Crippen LogP contribution in [-0.4, -0.2) is 19.8 Å². The van der Waals surface area contributed by atoms with Crippen molar-refractivity contribution in [2.45, 2.75) is 13.0 Å². The van der Waals surface area contributed by atoms with Crippen molar-refractivity contribution in [1.82, 2.24) is 0 Å². The maximum Gasteiger partial charge on any atom is 0.148 e. The van der Waals surface area contributed by atoms with Gasteiger partial charge >= 0.3 is 0 Å². The Morgan fingerprint density at radius 2 is 2.29 bits per heavy atom. The zero-order chi connectivity index (χ0) is 10.6. The molecule has 0 spiro atoms.